The number of nitrogens with one attached hydrogen (secondary N) is 1. The van der Waals surface area contributed by atoms with Crippen LogP contribution in [0.2, 0.25) is 5.15 Å². The molecule has 0 bridgehead atoms. The minimum Gasteiger partial charge on any atom is -0.497 e. The van der Waals surface area contributed by atoms with Crippen LogP contribution in [0.15, 0.2) is 64.6 Å². The minimum atomic E-state index is -0.149. The first-order valence-electron chi connectivity index (χ1n) is 8.30. The van der Waals surface area contributed by atoms with E-state index in [4.69, 9.17) is 16.3 Å². The van der Waals surface area contributed by atoms with E-state index < -0.39 is 0 Å². The van der Waals surface area contributed by atoms with Crippen molar-refractivity contribution in [3.05, 3.63) is 65.3 Å². The van der Waals surface area contributed by atoms with E-state index in [9.17, 15) is 4.79 Å². The van der Waals surface area contributed by atoms with Crippen molar-refractivity contribution < 1.29 is 9.53 Å². The van der Waals surface area contributed by atoms with Gasteiger partial charge < -0.3 is 4.74 Å². The molecule has 0 radical (unpaired) electrons. The van der Waals surface area contributed by atoms with Gasteiger partial charge in [-0.2, -0.15) is 5.10 Å². The highest BCUT2D eigenvalue weighted by atomic mass is 35.5. The van der Waals surface area contributed by atoms with Gasteiger partial charge in [-0.3, -0.25) is 4.79 Å². The number of amides is 1. The summed E-state index contributed by atoms with van der Waals surface area (Å²) in [6, 6.07) is 17.4. The van der Waals surface area contributed by atoms with Gasteiger partial charge >= 0.3 is 0 Å². The van der Waals surface area contributed by atoms with Crippen molar-refractivity contribution in [3.8, 4) is 5.75 Å². The number of methoxy groups -OCH3 is 1. The predicted molar refractivity (Wildman–Crippen MR) is 111 cm³/mol. The summed E-state index contributed by atoms with van der Waals surface area (Å²) in [5.74, 6) is 1.25. The fourth-order valence-corrected chi connectivity index (χ4v) is 3.43. The van der Waals surface area contributed by atoms with Crippen molar-refractivity contribution in [1.29, 1.82) is 0 Å². The molecule has 7 heteroatoms. The number of ether oxygens (including phenoxy) is 1. The van der Waals surface area contributed by atoms with Gasteiger partial charge in [0.25, 0.3) is 0 Å². The molecule has 3 aromatic rings. The average Bonchev–Trinajstić information content (AvgIpc) is 2.69. The number of carbonyl (C=O) groups is 1. The molecule has 0 unspecified atom stereocenters. The van der Waals surface area contributed by atoms with Crippen molar-refractivity contribution in [1.82, 2.24) is 10.4 Å². The third-order valence-corrected chi connectivity index (χ3v) is 5.06. The summed E-state index contributed by atoms with van der Waals surface area (Å²) >= 11 is 7.84. The van der Waals surface area contributed by atoms with E-state index in [2.05, 4.69) is 15.5 Å². The molecule has 138 valence electrons. The van der Waals surface area contributed by atoms with Crippen molar-refractivity contribution >= 4 is 46.4 Å². The highest BCUT2D eigenvalue weighted by Crippen LogP contribution is 2.23. The Labute approximate surface area is 166 Å². The monoisotopic (exact) mass is 399 g/mol. The van der Waals surface area contributed by atoms with E-state index in [1.54, 1.807) is 18.9 Å². The van der Waals surface area contributed by atoms with Gasteiger partial charge in [-0.05, 0) is 30.3 Å². The van der Waals surface area contributed by atoms with Crippen molar-refractivity contribution in [2.24, 2.45) is 5.10 Å². The Kier molecular flexibility index (Phi) is 6.68. The Morgan fingerprint density at radius 2 is 2.07 bits per heavy atom. The van der Waals surface area contributed by atoms with Gasteiger partial charge in [-0.15, -0.1) is 11.8 Å². The molecule has 27 heavy (non-hydrogen) atoms. The van der Waals surface area contributed by atoms with Gasteiger partial charge in [-0.25, -0.2) is 10.4 Å². The lowest BCUT2D eigenvalue weighted by atomic mass is 10.1. The maximum absolute atomic E-state index is 11.9. The van der Waals surface area contributed by atoms with Gasteiger partial charge in [0.05, 0.1) is 18.8 Å². The lowest BCUT2D eigenvalue weighted by Gasteiger charge is -2.05. The molecule has 0 fully saturated rings. The van der Waals surface area contributed by atoms with Crippen LogP contribution < -0.4 is 10.2 Å². The van der Waals surface area contributed by atoms with E-state index in [-0.39, 0.29) is 5.91 Å². The summed E-state index contributed by atoms with van der Waals surface area (Å²) in [5, 5.41) is 5.21. The molecule has 0 aliphatic rings. The number of pyridine rings is 1. The molecule has 3 rings (SSSR count). The summed E-state index contributed by atoms with van der Waals surface area (Å²) in [6.45, 7) is 0. The lowest BCUT2D eigenvalue weighted by Crippen LogP contribution is -2.17. The number of halogens is 1. The third kappa shape index (κ3) is 5.45. The number of thioether (sulfide) groups is 1. The van der Waals surface area contributed by atoms with Crippen LogP contribution in [-0.2, 0) is 4.79 Å². The van der Waals surface area contributed by atoms with Crippen LogP contribution in [-0.4, -0.2) is 30.0 Å². The number of aromatic nitrogens is 1. The Morgan fingerprint density at radius 1 is 1.26 bits per heavy atom. The molecule has 0 aliphatic heterocycles. The SMILES string of the molecule is COc1ccc2cc(C=NNC(=O)CCSc3ccccc3)c(Cl)nc2c1. The standard InChI is InChI=1S/C20H18ClN3O2S/c1-26-16-8-7-14-11-15(20(21)23-18(14)12-16)13-22-24-19(25)9-10-27-17-5-3-2-4-6-17/h2-8,11-13H,9-10H2,1H3,(H,24,25). The summed E-state index contributed by atoms with van der Waals surface area (Å²) in [7, 11) is 1.60. The predicted octanol–water partition coefficient (Wildman–Crippen LogP) is 4.53. The summed E-state index contributed by atoms with van der Waals surface area (Å²) in [4.78, 5) is 17.4. The Balaban J connectivity index is 1.55. The molecular formula is C20H18ClN3O2S. The second-order valence-corrected chi connectivity index (χ2v) is 7.16. The molecule has 0 aliphatic carbocycles. The molecule has 0 atom stereocenters. The maximum Gasteiger partial charge on any atom is 0.240 e. The molecule has 0 saturated heterocycles. The second-order valence-electron chi connectivity index (χ2n) is 5.63. The fourth-order valence-electron chi connectivity index (χ4n) is 2.37. The molecule has 1 amide bonds. The van der Waals surface area contributed by atoms with E-state index in [0.717, 1.165) is 15.8 Å². The van der Waals surface area contributed by atoms with Crippen LogP contribution in [0.5, 0.6) is 5.75 Å². The number of benzene rings is 2. The van der Waals surface area contributed by atoms with Crippen LogP contribution in [0.1, 0.15) is 12.0 Å². The van der Waals surface area contributed by atoms with Crippen LogP contribution in [0.4, 0.5) is 0 Å². The summed E-state index contributed by atoms with van der Waals surface area (Å²) in [5.41, 5.74) is 3.89. The molecular weight excluding hydrogens is 382 g/mol. The van der Waals surface area contributed by atoms with Gasteiger partial charge in [0.1, 0.15) is 10.9 Å². The molecule has 5 nitrogen and oxygen atoms in total. The maximum atomic E-state index is 11.9. The zero-order valence-corrected chi connectivity index (χ0v) is 16.3. The van der Waals surface area contributed by atoms with Crippen LogP contribution in [0.3, 0.4) is 0 Å². The molecule has 1 heterocycles. The first kappa shape index (κ1) is 19.2. The van der Waals surface area contributed by atoms with Crippen LogP contribution >= 0.6 is 23.4 Å². The number of hydrazone groups is 1. The zero-order valence-electron chi connectivity index (χ0n) is 14.7. The summed E-state index contributed by atoms with van der Waals surface area (Å²) < 4.78 is 5.19. The van der Waals surface area contributed by atoms with Crippen LogP contribution in [0, 0.1) is 0 Å². The zero-order chi connectivity index (χ0) is 19.1. The molecule has 2 aromatic carbocycles. The first-order chi connectivity index (χ1) is 13.2. The molecule has 1 aromatic heterocycles. The topological polar surface area (TPSA) is 63.6 Å². The number of fused-ring (bicyclic) bond motifs is 1. The fraction of sp³-hybridized carbons (Fsp3) is 0.150. The van der Waals surface area contributed by atoms with Crippen molar-refractivity contribution in [3.63, 3.8) is 0 Å². The van der Waals surface area contributed by atoms with Gasteiger partial charge in [0, 0.05) is 34.1 Å². The Hall–Kier alpha value is -2.57. The van der Waals surface area contributed by atoms with Crippen molar-refractivity contribution in [2.45, 2.75) is 11.3 Å². The van der Waals surface area contributed by atoms with Gasteiger partial charge in [0.2, 0.25) is 5.91 Å². The largest absolute Gasteiger partial charge is 0.497 e. The lowest BCUT2D eigenvalue weighted by molar-refractivity contribution is -0.120. The average molecular weight is 400 g/mol. The van der Waals surface area contributed by atoms with Gasteiger partial charge in [0.15, 0.2) is 0 Å². The first-order valence-corrected chi connectivity index (χ1v) is 9.66. The number of nitrogens with zero attached hydrogens (tertiary/aromatic N) is 2. The quantitative estimate of drug-likeness (QED) is 0.274. The second kappa shape index (κ2) is 9.39. The van der Waals surface area contributed by atoms with E-state index in [0.29, 0.717) is 28.6 Å². The third-order valence-electron chi connectivity index (χ3n) is 3.74. The molecule has 0 saturated carbocycles. The highest BCUT2D eigenvalue weighted by Gasteiger charge is 2.05. The Morgan fingerprint density at radius 3 is 2.85 bits per heavy atom. The Bertz CT molecular complexity index is 964. The minimum absolute atomic E-state index is 0.149. The highest BCUT2D eigenvalue weighted by molar-refractivity contribution is 7.99. The number of rotatable bonds is 7. The van der Waals surface area contributed by atoms with E-state index in [1.165, 1.54) is 6.21 Å². The smallest absolute Gasteiger partial charge is 0.240 e. The molecule has 1 N–H and O–H groups in total. The van der Waals surface area contributed by atoms with E-state index in [1.807, 2.05) is 54.6 Å². The molecule has 0 spiro atoms. The van der Waals surface area contributed by atoms with Crippen molar-refractivity contribution in [2.75, 3.05) is 12.9 Å². The number of hydrogen-bond donors (Lipinski definition) is 1. The van der Waals surface area contributed by atoms with Gasteiger partial charge in [-0.1, -0.05) is 29.8 Å². The normalized spacial score (nSPS) is 11.0. The van der Waals surface area contributed by atoms with E-state index >= 15 is 0 Å². The number of carbonyl (C=O) groups excluding carboxylic acids is 1. The number of hydrogen-bond acceptors (Lipinski definition) is 5. The van der Waals surface area contributed by atoms with Crippen LogP contribution in [0.25, 0.3) is 10.9 Å². The summed E-state index contributed by atoms with van der Waals surface area (Å²) in [6.07, 6.45) is 1.88.